The molecule has 1 aliphatic rings. The molecule has 5 nitrogen and oxygen atoms in total. The highest BCUT2D eigenvalue weighted by Gasteiger charge is 2.31. The molecule has 20 heavy (non-hydrogen) atoms. The number of aromatic nitrogens is 1. The molecule has 7 heteroatoms. The summed E-state index contributed by atoms with van der Waals surface area (Å²) in [5.74, 6) is 0.544. The summed E-state index contributed by atoms with van der Waals surface area (Å²) in [6, 6.07) is 1.45. The lowest BCUT2D eigenvalue weighted by molar-refractivity contribution is -0.125. The quantitative estimate of drug-likeness (QED) is 0.896. The number of nitrogens with one attached hydrogen (secondary N) is 1. The first-order chi connectivity index (χ1) is 9.49. The molecule has 0 spiro atoms. The molecule has 1 aliphatic heterocycles. The van der Waals surface area contributed by atoms with Crippen molar-refractivity contribution in [3.05, 3.63) is 21.8 Å². The molecule has 2 rings (SSSR count). The van der Waals surface area contributed by atoms with E-state index in [0.717, 1.165) is 4.47 Å². The number of nitrogens with zero attached hydrogens (tertiary/aromatic N) is 2. The Morgan fingerprint density at radius 3 is 3.05 bits per heavy atom. The average Bonchev–Trinajstić information content (AvgIpc) is 2.38. The number of hydrogen-bond donors (Lipinski definition) is 1. The highest BCUT2D eigenvalue weighted by atomic mass is 79.9. The Kier molecular flexibility index (Phi) is 5.23. The standard InChI is InChI=1S/C13H17BrClN3O2/c1-8(2)17-13(19)11-7-20-4-3-18(11)12-10(15)5-9(14)6-16-12/h5-6,8,11H,3-4,7H2,1-2H3,(H,17,19). The molecule has 0 aromatic carbocycles. The van der Waals surface area contributed by atoms with E-state index in [4.69, 9.17) is 16.3 Å². The van der Waals surface area contributed by atoms with Gasteiger partial charge in [0, 0.05) is 23.3 Å². The molecule has 1 N–H and O–H groups in total. The minimum absolute atomic E-state index is 0.0690. The Labute approximate surface area is 131 Å². The maximum atomic E-state index is 12.3. The number of halogens is 2. The van der Waals surface area contributed by atoms with Gasteiger partial charge in [-0.15, -0.1) is 0 Å². The minimum Gasteiger partial charge on any atom is -0.377 e. The molecule has 1 fully saturated rings. The molecular weight excluding hydrogens is 346 g/mol. The fourth-order valence-corrected chi connectivity index (χ4v) is 2.81. The largest absolute Gasteiger partial charge is 0.377 e. The molecule has 0 bridgehead atoms. The monoisotopic (exact) mass is 361 g/mol. The number of morpholine rings is 1. The van der Waals surface area contributed by atoms with Crippen molar-refractivity contribution in [2.75, 3.05) is 24.7 Å². The van der Waals surface area contributed by atoms with E-state index in [-0.39, 0.29) is 11.9 Å². The van der Waals surface area contributed by atoms with Crippen LogP contribution in [0.15, 0.2) is 16.7 Å². The summed E-state index contributed by atoms with van der Waals surface area (Å²) in [7, 11) is 0. The van der Waals surface area contributed by atoms with Gasteiger partial charge in [-0.05, 0) is 35.8 Å². The summed E-state index contributed by atoms with van der Waals surface area (Å²) in [5.41, 5.74) is 0. The lowest BCUT2D eigenvalue weighted by Gasteiger charge is -2.36. The van der Waals surface area contributed by atoms with E-state index in [0.29, 0.717) is 30.6 Å². The van der Waals surface area contributed by atoms with Crippen LogP contribution in [-0.2, 0) is 9.53 Å². The van der Waals surface area contributed by atoms with Crippen LogP contribution >= 0.6 is 27.5 Å². The normalized spacial score (nSPS) is 19.2. The maximum Gasteiger partial charge on any atom is 0.245 e. The van der Waals surface area contributed by atoms with Crippen LogP contribution in [0.25, 0.3) is 0 Å². The smallest absolute Gasteiger partial charge is 0.245 e. The molecule has 0 radical (unpaired) electrons. The Balaban J connectivity index is 2.24. The highest BCUT2D eigenvalue weighted by Crippen LogP contribution is 2.28. The maximum absolute atomic E-state index is 12.3. The predicted octanol–water partition coefficient (Wildman–Crippen LogP) is 2.23. The molecule has 1 unspecified atom stereocenters. The third kappa shape index (κ3) is 3.62. The van der Waals surface area contributed by atoms with Gasteiger partial charge in [-0.25, -0.2) is 4.98 Å². The Hall–Kier alpha value is -0.850. The highest BCUT2D eigenvalue weighted by molar-refractivity contribution is 9.10. The Morgan fingerprint density at radius 1 is 1.65 bits per heavy atom. The van der Waals surface area contributed by atoms with E-state index in [1.54, 1.807) is 12.3 Å². The summed E-state index contributed by atoms with van der Waals surface area (Å²) in [5, 5.41) is 3.42. The number of ether oxygens (including phenoxy) is 1. The summed E-state index contributed by atoms with van der Waals surface area (Å²) < 4.78 is 6.23. The Bertz CT molecular complexity index is 499. The summed E-state index contributed by atoms with van der Waals surface area (Å²) in [6.45, 7) is 5.34. The molecule has 1 saturated heterocycles. The SMILES string of the molecule is CC(C)NC(=O)C1COCCN1c1ncc(Br)cc1Cl. The fraction of sp³-hybridized carbons (Fsp3) is 0.538. The lowest BCUT2D eigenvalue weighted by Crippen LogP contribution is -2.55. The fourth-order valence-electron chi connectivity index (χ4n) is 2.07. The molecule has 1 amide bonds. The van der Waals surface area contributed by atoms with Gasteiger partial charge in [-0.3, -0.25) is 4.79 Å². The molecule has 1 aromatic rings. The van der Waals surface area contributed by atoms with E-state index < -0.39 is 6.04 Å². The van der Waals surface area contributed by atoms with Crippen LogP contribution in [0.5, 0.6) is 0 Å². The second-order valence-corrected chi connectivity index (χ2v) is 6.23. The number of hydrogen-bond acceptors (Lipinski definition) is 4. The van der Waals surface area contributed by atoms with Gasteiger partial charge in [0.25, 0.3) is 0 Å². The van der Waals surface area contributed by atoms with E-state index >= 15 is 0 Å². The van der Waals surface area contributed by atoms with Crippen LogP contribution in [0.1, 0.15) is 13.8 Å². The summed E-state index contributed by atoms with van der Waals surface area (Å²) >= 11 is 9.56. The van der Waals surface area contributed by atoms with Gasteiger partial charge in [-0.1, -0.05) is 11.6 Å². The van der Waals surface area contributed by atoms with Gasteiger partial charge in [0.05, 0.1) is 18.2 Å². The Morgan fingerprint density at radius 2 is 2.40 bits per heavy atom. The molecule has 2 heterocycles. The molecule has 0 saturated carbocycles. The van der Waals surface area contributed by atoms with Crippen molar-refractivity contribution in [1.29, 1.82) is 0 Å². The number of rotatable bonds is 3. The van der Waals surface area contributed by atoms with Crippen LogP contribution in [0.4, 0.5) is 5.82 Å². The van der Waals surface area contributed by atoms with E-state index in [1.165, 1.54) is 0 Å². The van der Waals surface area contributed by atoms with Crippen molar-refractivity contribution in [2.45, 2.75) is 25.9 Å². The van der Waals surface area contributed by atoms with Gasteiger partial charge >= 0.3 is 0 Å². The summed E-state index contributed by atoms with van der Waals surface area (Å²) in [6.07, 6.45) is 1.67. The molecular formula is C13H17BrClN3O2. The first-order valence-corrected chi connectivity index (χ1v) is 7.62. The van der Waals surface area contributed by atoms with Crippen molar-refractivity contribution in [1.82, 2.24) is 10.3 Å². The third-order valence-corrected chi connectivity index (χ3v) is 3.63. The third-order valence-electron chi connectivity index (χ3n) is 2.92. The first kappa shape index (κ1) is 15.5. The van der Waals surface area contributed by atoms with Crippen molar-refractivity contribution in [3.63, 3.8) is 0 Å². The second-order valence-electron chi connectivity index (χ2n) is 4.91. The predicted molar refractivity (Wildman–Crippen MR) is 82.2 cm³/mol. The average molecular weight is 363 g/mol. The number of amides is 1. The van der Waals surface area contributed by atoms with Gasteiger partial charge in [0.1, 0.15) is 11.9 Å². The zero-order valence-corrected chi connectivity index (χ0v) is 13.7. The van der Waals surface area contributed by atoms with Crippen LogP contribution < -0.4 is 10.2 Å². The van der Waals surface area contributed by atoms with Crippen LogP contribution in [0.3, 0.4) is 0 Å². The molecule has 0 aliphatic carbocycles. The summed E-state index contributed by atoms with van der Waals surface area (Å²) in [4.78, 5) is 18.5. The molecule has 1 aromatic heterocycles. The van der Waals surface area contributed by atoms with Crippen molar-refractivity contribution >= 4 is 39.3 Å². The van der Waals surface area contributed by atoms with Crippen LogP contribution in [-0.4, -0.2) is 42.7 Å². The van der Waals surface area contributed by atoms with Gasteiger partial charge < -0.3 is 15.0 Å². The lowest BCUT2D eigenvalue weighted by atomic mass is 10.2. The van der Waals surface area contributed by atoms with Gasteiger partial charge in [0.2, 0.25) is 5.91 Å². The first-order valence-electron chi connectivity index (χ1n) is 6.45. The zero-order valence-electron chi connectivity index (χ0n) is 11.4. The van der Waals surface area contributed by atoms with Crippen LogP contribution in [0.2, 0.25) is 5.02 Å². The van der Waals surface area contributed by atoms with Crippen LogP contribution in [0, 0.1) is 0 Å². The van der Waals surface area contributed by atoms with Gasteiger partial charge in [-0.2, -0.15) is 0 Å². The van der Waals surface area contributed by atoms with Crippen molar-refractivity contribution < 1.29 is 9.53 Å². The topological polar surface area (TPSA) is 54.5 Å². The van der Waals surface area contributed by atoms with Crippen molar-refractivity contribution in [2.24, 2.45) is 0 Å². The van der Waals surface area contributed by atoms with E-state index in [9.17, 15) is 4.79 Å². The number of pyridine rings is 1. The second kappa shape index (κ2) is 6.74. The minimum atomic E-state index is -0.405. The molecule has 1 atom stereocenters. The zero-order chi connectivity index (χ0) is 14.7. The van der Waals surface area contributed by atoms with Crippen molar-refractivity contribution in [3.8, 4) is 0 Å². The van der Waals surface area contributed by atoms with E-state index in [1.807, 2.05) is 18.7 Å². The van der Waals surface area contributed by atoms with Gasteiger partial charge in [0.15, 0.2) is 0 Å². The number of anilines is 1. The van der Waals surface area contributed by atoms with E-state index in [2.05, 4.69) is 26.2 Å². The number of carbonyl (C=O) groups excluding carboxylic acids is 1. The number of carbonyl (C=O) groups is 1. The molecule has 110 valence electrons.